The van der Waals surface area contributed by atoms with E-state index >= 15 is 0 Å². The van der Waals surface area contributed by atoms with Gasteiger partial charge in [-0.15, -0.1) is 12.4 Å². The van der Waals surface area contributed by atoms with Crippen LogP contribution in [-0.2, 0) is 4.79 Å². The second-order valence-electron chi connectivity index (χ2n) is 1.33. The van der Waals surface area contributed by atoms with Gasteiger partial charge in [-0.3, -0.25) is 4.79 Å². The third kappa shape index (κ3) is 7.21. The standard InChI is InChI=1S/C4H6N2O2.ClH/c5-2-3(6)1-4(7)8;/h3H,1,6H2,(H,7,8);1H/t3-;/m1./s1. The van der Waals surface area contributed by atoms with Crippen molar-refractivity contribution in [1.82, 2.24) is 0 Å². The minimum Gasteiger partial charge on any atom is -0.481 e. The number of carboxylic acids is 1. The normalized spacial score (nSPS) is 10.7. The summed E-state index contributed by atoms with van der Waals surface area (Å²) in [5, 5.41) is 15.9. The highest BCUT2D eigenvalue weighted by molar-refractivity contribution is 5.85. The molecule has 0 saturated carbocycles. The Hall–Kier alpha value is -0.790. The van der Waals surface area contributed by atoms with Gasteiger partial charge in [0.15, 0.2) is 0 Å². The summed E-state index contributed by atoms with van der Waals surface area (Å²) in [4.78, 5) is 9.74. The summed E-state index contributed by atoms with van der Waals surface area (Å²) in [5.74, 6) is -1.04. The Morgan fingerprint density at radius 3 is 2.44 bits per heavy atom. The van der Waals surface area contributed by atoms with E-state index in [9.17, 15) is 4.79 Å². The molecule has 0 aliphatic heterocycles. The molecule has 0 aliphatic rings. The SMILES string of the molecule is Cl.N#C[C@H](N)CC(=O)O. The van der Waals surface area contributed by atoms with Gasteiger partial charge in [0.2, 0.25) is 0 Å². The summed E-state index contributed by atoms with van der Waals surface area (Å²) in [6.45, 7) is 0. The highest BCUT2D eigenvalue weighted by Crippen LogP contribution is 1.82. The van der Waals surface area contributed by atoms with Gasteiger partial charge in [0.05, 0.1) is 12.5 Å². The third-order valence-electron chi connectivity index (χ3n) is 0.560. The summed E-state index contributed by atoms with van der Waals surface area (Å²) in [7, 11) is 0. The predicted octanol–water partition coefficient (Wildman–Crippen LogP) is -0.266. The molecule has 0 rings (SSSR count). The summed E-state index contributed by atoms with van der Waals surface area (Å²) < 4.78 is 0. The molecular weight excluding hydrogens is 144 g/mol. The van der Waals surface area contributed by atoms with Crippen LogP contribution in [0, 0.1) is 11.3 Å². The molecule has 9 heavy (non-hydrogen) atoms. The number of nitrogens with zero attached hydrogens (tertiary/aromatic N) is 1. The van der Waals surface area contributed by atoms with Gasteiger partial charge in [-0.05, 0) is 0 Å². The highest BCUT2D eigenvalue weighted by Gasteiger charge is 2.03. The number of halogens is 1. The van der Waals surface area contributed by atoms with Crippen LogP contribution in [0.5, 0.6) is 0 Å². The van der Waals surface area contributed by atoms with Crippen molar-refractivity contribution in [2.45, 2.75) is 12.5 Å². The lowest BCUT2D eigenvalue weighted by molar-refractivity contribution is -0.137. The molecule has 0 amide bonds. The van der Waals surface area contributed by atoms with Crippen molar-refractivity contribution >= 4 is 18.4 Å². The van der Waals surface area contributed by atoms with E-state index in [-0.39, 0.29) is 18.8 Å². The Kier molecular flexibility index (Phi) is 6.58. The van der Waals surface area contributed by atoms with Gasteiger partial charge < -0.3 is 10.8 Å². The van der Waals surface area contributed by atoms with E-state index < -0.39 is 12.0 Å². The molecular formula is C4H7ClN2O2. The van der Waals surface area contributed by atoms with Crippen molar-refractivity contribution in [1.29, 1.82) is 5.26 Å². The quantitative estimate of drug-likeness (QED) is 0.568. The molecule has 0 fully saturated rings. The molecule has 3 N–H and O–H groups in total. The molecule has 5 heteroatoms. The molecule has 0 unspecified atom stereocenters. The summed E-state index contributed by atoms with van der Waals surface area (Å²) in [6, 6.07) is 0.725. The minimum absolute atomic E-state index is 0. The van der Waals surface area contributed by atoms with Gasteiger partial charge in [-0.1, -0.05) is 0 Å². The number of rotatable bonds is 2. The van der Waals surface area contributed by atoms with E-state index in [0.717, 1.165) is 0 Å². The van der Waals surface area contributed by atoms with Crippen LogP contribution in [0.3, 0.4) is 0 Å². The fourth-order valence-corrected chi connectivity index (χ4v) is 0.234. The zero-order valence-corrected chi connectivity index (χ0v) is 5.39. The number of nitrogens with two attached hydrogens (primary N) is 1. The summed E-state index contributed by atoms with van der Waals surface area (Å²) in [5.41, 5.74) is 4.93. The largest absolute Gasteiger partial charge is 0.481 e. The number of hydrogen-bond donors (Lipinski definition) is 2. The van der Waals surface area contributed by atoms with Crippen LogP contribution in [0.2, 0.25) is 0 Å². The van der Waals surface area contributed by atoms with Crippen molar-refractivity contribution in [3.8, 4) is 6.07 Å². The average molecular weight is 151 g/mol. The van der Waals surface area contributed by atoms with Crippen LogP contribution in [0.25, 0.3) is 0 Å². The summed E-state index contributed by atoms with van der Waals surface area (Å²) in [6.07, 6.45) is -0.281. The number of carbonyl (C=O) groups is 1. The molecule has 1 atom stereocenters. The van der Waals surface area contributed by atoms with Gasteiger partial charge in [0.25, 0.3) is 0 Å². The molecule has 0 heterocycles. The van der Waals surface area contributed by atoms with Gasteiger partial charge >= 0.3 is 5.97 Å². The monoisotopic (exact) mass is 150 g/mol. The zero-order valence-electron chi connectivity index (χ0n) is 4.57. The fourth-order valence-electron chi connectivity index (χ4n) is 0.234. The fraction of sp³-hybridized carbons (Fsp3) is 0.500. The molecule has 0 spiro atoms. The van der Waals surface area contributed by atoms with Gasteiger partial charge in [-0.25, -0.2) is 0 Å². The molecule has 0 saturated heterocycles. The summed E-state index contributed by atoms with van der Waals surface area (Å²) >= 11 is 0. The van der Waals surface area contributed by atoms with Crippen LogP contribution in [0.15, 0.2) is 0 Å². The number of aliphatic carboxylic acids is 1. The number of nitriles is 1. The average Bonchev–Trinajstić information content (AvgIpc) is 1.65. The first-order valence-electron chi connectivity index (χ1n) is 2.04. The van der Waals surface area contributed by atoms with Gasteiger partial charge in [0.1, 0.15) is 6.04 Å². The first-order chi connectivity index (χ1) is 3.66. The Morgan fingerprint density at radius 1 is 1.89 bits per heavy atom. The highest BCUT2D eigenvalue weighted by atomic mass is 35.5. The van der Waals surface area contributed by atoms with E-state index in [1.807, 2.05) is 0 Å². The van der Waals surface area contributed by atoms with E-state index in [0.29, 0.717) is 0 Å². The maximum atomic E-state index is 9.74. The van der Waals surface area contributed by atoms with Crippen LogP contribution in [0.4, 0.5) is 0 Å². The molecule has 52 valence electrons. The molecule has 0 radical (unpaired) electrons. The molecule has 0 aliphatic carbocycles. The van der Waals surface area contributed by atoms with Crippen molar-refractivity contribution in [2.75, 3.05) is 0 Å². The Labute approximate surface area is 58.7 Å². The Morgan fingerprint density at radius 2 is 2.33 bits per heavy atom. The van der Waals surface area contributed by atoms with Gasteiger partial charge in [-0.2, -0.15) is 5.26 Å². The molecule has 0 aromatic carbocycles. The zero-order chi connectivity index (χ0) is 6.57. The lowest BCUT2D eigenvalue weighted by Gasteiger charge is -1.92. The lowest BCUT2D eigenvalue weighted by atomic mass is 10.2. The van der Waals surface area contributed by atoms with Crippen LogP contribution >= 0.6 is 12.4 Å². The minimum atomic E-state index is -1.04. The van der Waals surface area contributed by atoms with Crippen molar-refractivity contribution in [2.24, 2.45) is 5.73 Å². The van der Waals surface area contributed by atoms with E-state index in [2.05, 4.69) is 0 Å². The topological polar surface area (TPSA) is 87.1 Å². The van der Waals surface area contributed by atoms with Crippen LogP contribution in [-0.4, -0.2) is 17.1 Å². The Balaban J connectivity index is 0. The van der Waals surface area contributed by atoms with E-state index in [1.54, 1.807) is 6.07 Å². The van der Waals surface area contributed by atoms with Crippen molar-refractivity contribution in [3.63, 3.8) is 0 Å². The second kappa shape index (κ2) is 5.35. The first kappa shape index (κ1) is 11.1. The molecule has 4 nitrogen and oxygen atoms in total. The smallest absolute Gasteiger partial charge is 0.306 e. The maximum absolute atomic E-state index is 9.74. The predicted molar refractivity (Wildman–Crippen MR) is 33.1 cm³/mol. The molecule has 0 aromatic rings. The molecule has 0 bridgehead atoms. The van der Waals surface area contributed by atoms with Crippen LogP contribution < -0.4 is 5.73 Å². The van der Waals surface area contributed by atoms with E-state index in [4.69, 9.17) is 16.1 Å². The lowest BCUT2D eigenvalue weighted by Crippen LogP contribution is -2.20. The molecule has 0 aromatic heterocycles. The van der Waals surface area contributed by atoms with Crippen molar-refractivity contribution < 1.29 is 9.90 Å². The third-order valence-corrected chi connectivity index (χ3v) is 0.560. The number of carboxylic acid groups (broad SMARTS) is 1. The van der Waals surface area contributed by atoms with Crippen LogP contribution in [0.1, 0.15) is 6.42 Å². The van der Waals surface area contributed by atoms with Crippen molar-refractivity contribution in [3.05, 3.63) is 0 Å². The van der Waals surface area contributed by atoms with Gasteiger partial charge in [0, 0.05) is 0 Å². The second-order valence-corrected chi connectivity index (χ2v) is 1.33. The maximum Gasteiger partial charge on any atom is 0.306 e. The van der Waals surface area contributed by atoms with E-state index in [1.165, 1.54) is 0 Å². The first-order valence-corrected chi connectivity index (χ1v) is 2.04. The number of hydrogen-bond acceptors (Lipinski definition) is 3. The Bertz CT molecular complexity index is 131.